The van der Waals surface area contributed by atoms with E-state index < -0.39 is 0 Å². The van der Waals surface area contributed by atoms with Crippen molar-refractivity contribution in [2.24, 2.45) is 5.92 Å². The van der Waals surface area contributed by atoms with Crippen LogP contribution in [0.2, 0.25) is 0 Å². The van der Waals surface area contributed by atoms with Crippen molar-refractivity contribution in [1.29, 1.82) is 0 Å². The highest BCUT2D eigenvalue weighted by Crippen LogP contribution is 2.37. The summed E-state index contributed by atoms with van der Waals surface area (Å²) in [4.78, 5) is 12.5. The molecule has 32 heavy (non-hydrogen) atoms. The summed E-state index contributed by atoms with van der Waals surface area (Å²) in [6.07, 6.45) is 14.1. The summed E-state index contributed by atoms with van der Waals surface area (Å²) in [6, 6.07) is 15.4. The molecule has 0 amide bonds. The van der Waals surface area contributed by atoms with Crippen molar-refractivity contribution in [3.63, 3.8) is 0 Å². The molecule has 0 aromatic heterocycles. The Balaban J connectivity index is 1.45. The van der Waals surface area contributed by atoms with Crippen molar-refractivity contribution in [3.05, 3.63) is 59.7 Å². The lowest BCUT2D eigenvalue weighted by Gasteiger charge is -2.29. The summed E-state index contributed by atoms with van der Waals surface area (Å²) in [6.45, 7) is 5.17. The second-order valence-electron chi connectivity index (χ2n) is 9.25. The molecule has 0 saturated heterocycles. The van der Waals surface area contributed by atoms with Gasteiger partial charge in [-0.2, -0.15) is 0 Å². The van der Waals surface area contributed by atoms with Gasteiger partial charge in [0.25, 0.3) is 0 Å². The molecule has 0 atom stereocenters. The second kappa shape index (κ2) is 13.3. The van der Waals surface area contributed by atoms with E-state index >= 15 is 0 Å². The Morgan fingerprint density at radius 2 is 1.41 bits per heavy atom. The third-order valence-electron chi connectivity index (χ3n) is 6.73. The first-order valence-electron chi connectivity index (χ1n) is 12.7. The number of rotatable bonds is 12. The zero-order valence-electron chi connectivity index (χ0n) is 20.0. The van der Waals surface area contributed by atoms with Crippen LogP contribution in [0.15, 0.2) is 48.5 Å². The number of ether oxygens (including phenoxy) is 2. The maximum absolute atomic E-state index is 12.5. The van der Waals surface area contributed by atoms with Gasteiger partial charge in [0.15, 0.2) is 0 Å². The maximum Gasteiger partial charge on any atom is 0.343 e. The van der Waals surface area contributed by atoms with Gasteiger partial charge < -0.3 is 9.47 Å². The van der Waals surface area contributed by atoms with Crippen LogP contribution in [0, 0.1) is 5.92 Å². The number of unbranched alkanes of at least 4 members (excludes halogenated alkanes) is 4. The summed E-state index contributed by atoms with van der Waals surface area (Å²) in [7, 11) is 0. The van der Waals surface area contributed by atoms with E-state index in [0.717, 1.165) is 24.7 Å². The van der Waals surface area contributed by atoms with E-state index in [2.05, 4.69) is 26.0 Å². The van der Waals surface area contributed by atoms with Crippen LogP contribution in [0.3, 0.4) is 0 Å². The van der Waals surface area contributed by atoms with Crippen LogP contribution in [0.4, 0.5) is 0 Å². The predicted octanol–water partition coefficient (Wildman–Crippen LogP) is 8.33. The average molecular weight is 437 g/mol. The highest BCUT2D eigenvalue weighted by atomic mass is 16.5. The summed E-state index contributed by atoms with van der Waals surface area (Å²) in [5, 5.41) is 0. The lowest BCUT2D eigenvalue weighted by molar-refractivity contribution is 0.0734. The summed E-state index contributed by atoms with van der Waals surface area (Å²) < 4.78 is 11.3. The fourth-order valence-electron chi connectivity index (χ4n) is 4.67. The number of benzene rings is 2. The lowest BCUT2D eigenvalue weighted by Crippen LogP contribution is -2.14. The van der Waals surface area contributed by atoms with E-state index in [0.29, 0.717) is 17.2 Å². The van der Waals surface area contributed by atoms with Crippen molar-refractivity contribution in [1.82, 2.24) is 0 Å². The van der Waals surface area contributed by atoms with Gasteiger partial charge in [-0.3, -0.25) is 0 Å². The molecule has 0 N–H and O–H groups in total. The predicted molar refractivity (Wildman–Crippen MR) is 132 cm³/mol. The van der Waals surface area contributed by atoms with Gasteiger partial charge in [-0.25, -0.2) is 4.79 Å². The Morgan fingerprint density at radius 1 is 0.781 bits per heavy atom. The van der Waals surface area contributed by atoms with Gasteiger partial charge in [0.05, 0.1) is 12.2 Å². The van der Waals surface area contributed by atoms with Crippen molar-refractivity contribution in [3.8, 4) is 11.5 Å². The van der Waals surface area contributed by atoms with Gasteiger partial charge in [0, 0.05) is 0 Å². The van der Waals surface area contributed by atoms with E-state index in [1.54, 1.807) is 12.1 Å². The second-order valence-corrected chi connectivity index (χ2v) is 9.25. The Kier molecular flexibility index (Phi) is 10.1. The molecule has 174 valence electrons. The SMILES string of the molecule is CCCCCOc1ccc(OC(=O)c2ccc(C3CCC(CCCCC)CC3)cc2)cc1. The molecule has 2 aromatic rings. The summed E-state index contributed by atoms with van der Waals surface area (Å²) in [5.74, 6) is 2.59. The van der Waals surface area contributed by atoms with Crippen LogP contribution in [-0.2, 0) is 0 Å². The quantitative estimate of drug-likeness (QED) is 0.190. The summed E-state index contributed by atoms with van der Waals surface area (Å²) >= 11 is 0. The topological polar surface area (TPSA) is 35.5 Å². The van der Waals surface area contributed by atoms with E-state index in [-0.39, 0.29) is 5.97 Å². The van der Waals surface area contributed by atoms with E-state index in [9.17, 15) is 4.79 Å². The minimum atomic E-state index is -0.312. The van der Waals surface area contributed by atoms with Crippen LogP contribution in [-0.4, -0.2) is 12.6 Å². The molecule has 0 aliphatic heterocycles. The zero-order chi connectivity index (χ0) is 22.6. The standard InChI is InChI=1S/C29H40O3/c1-3-5-7-9-23-10-12-24(13-11-23)25-14-16-26(17-15-25)29(30)32-28-20-18-27(19-21-28)31-22-8-6-4-2/h14-21,23-24H,3-13,22H2,1-2H3. The van der Waals surface area contributed by atoms with Gasteiger partial charge in [-0.05, 0) is 85.9 Å². The molecular formula is C29H40O3. The van der Waals surface area contributed by atoms with Crippen LogP contribution in [0.5, 0.6) is 11.5 Å². The van der Waals surface area contributed by atoms with E-state index in [1.807, 2.05) is 24.3 Å². The first-order chi connectivity index (χ1) is 15.7. The van der Waals surface area contributed by atoms with Crippen molar-refractivity contribution in [2.45, 2.75) is 90.4 Å². The van der Waals surface area contributed by atoms with E-state index in [4.69, 9.17) is 9.47 Å². The molecule has 0 heterocycles. The van der Waals surface area contributed by atoms with Crippen molar-refractivity contribution < 1.29 is 14.3 Å². The van der Waals surface area contributed by atoms with Gasteiger partial charge in [-0.1, -0.05) is 64.5 Å². The van der Waals surface area contributed by atoms with E-state index in [1.165, 1.54) is 69.8 Å². The fourth-order valence-corrected chi connectivity index (χ4v) is 4.67. The zero-order valence-corrected chi connectivity index (χ0v) is 20.0. The van der Waals surface area contributed by atoms with Crippen molar-refractivity contribution in [2.75, 3.05) is 6.61 Å². The normalized spacial score (nSPS) is 18.3. The fraction of sp³-hybridized carbons (Fsp3) is 0.552. The molecule has 2 aromatic carbocycles. The van der Waals surface area contributed by atoms with Crippen LogP contribution in [0.1, 0.15) is 106 Å². The molecule has 1 aliphatic rings. The first-order valence-corrected chi connectivity index (χ1v) is 12.7. The maximum atomic E-state index is 12.5. The minimum Gasteiger partial charge on any atom is -0.494 e. The number of hydrogen-bond acceptors (Lipinski definition) is 3. The summed E-state index contributed by atoms with van der Waals surface area (Å²) in [5.41, 5.74) is 1.96. The molecule has 1 saturated carbocycles. The lowest BCUT2D eigenvalue weighted by atomic mass is 9.77. The average Bonchev–Trinajstić information content (AvgIpc) is 2.83. The Bertz CT molecular complexity index is 786. The highest BCUT2D eigenvalue weighted by molar-refractivity contribution is 5.91. The van der Waals surface area contributed by atoms with Crippen LogP contribution >= 0.6 is 0 Å². The van der Waals surface area contributed by atoms with Gasteiger partial charge >= 0.3 is 5.97 Å². The Morgan fingerprint density at radius 3 is 2.06 bits per heavy atom. The molecule has 3 nitrogen and oxygen atoms in total. The molecule has 1 aliphatic carbocycles. The molecule has 3 heteroatoms. The highest BCUT2D eigenvalue weighted by Gasteiger charge is 2.22. The van der Waals surface area contributed by atoms with Crippen LogP contribution < -0.4 is 9.47 Å². The Labute approximate surface area is 194 Å². The molecule has 3 rings (SSSR count). The van der Waals surface area contributed by atoms with Crippen LogP contribution in [0.25, 0.3) is 0 Å². The molecular weight excluding hydrogens is 396 g/mol. The number of carbonyl (C=O) groups is 1. The third kappa shape index (κ3) is 7.69. The number of esters is 1. The largest absolute Gasteiger partial charge is 0.494 e. The number of hydrogen-bond donors (Lipinski definition) is 0. The molecule has 0 radical (unpaired) electrons. The van der Waals surface area contributed by atoms with Gasteiger partial charge in [0.2, 0.25) is 0 Å². The molecule has 1 fully saturated rings. The minimum absolute atomic E-state index is 0.312. The monoisotopic (exact) mass is 436 g/mol. The molecule has 0 unspecified atom stereocenters. The molecule has 0 bridgehead atoms. The van der Waals surface area contributed by atoms with Crippen molar-refractivity contribution >= 4 is 5.97 Å². The first kappa shape index (κ1) is 24.4. The van der Waals surface area contributed by atoms with Gasteiger partial charge in [0.1, 0.15) is 11.5 Å². The smallest absolute Gasteiger partial charge is 0.343 e. The third-order valence-corrected chi connectivity index (χ3v) is 6.73. The van der Waals surface area contributed by atoms with Gasteiger partial charge in [-0.15, -0.1) is 0 Å². The molecule has 0 spiro atoms. The Hall–Kier alpha value is -2.29. The number of carbonyl (C=O) groups excluding carboxylic acids is 1.